The van der Waals surface area contributed by atoms with Crippen molar-refractivity contribution in [3.8, 4) is 0 Å². The summed E-state index contributed by atoms with van der Waals surface area (Å²) in [6, 6.07) is 0. The van der Waals surface area contributed by atoms with Crippen LogP contribution in [0.4, 0.5) is 13.2 Å². The number of carbonyl (C=O) groups is 1. The Morgan fingerprint density at radius 2 is 2.00 bits per heavy atom. The van der Waals surface area contributed by atoms with Crippen molar-refractivity contribution < 1.29 is 22.7 Å². The summed E-state index contributed by atoms with van der Waals surface area (Å²) < 4.78 is 39.1. The molecule has 1 unspecified atom stereocenters. The first-order valence-electron chi connectivity index (χ1n) is 4.15. The van der Waals surface area contributed by atoms with E-state index >= 15 is 0 Å². The Hall–Kier alpha value is -0.740. The second kappa shape index (κ2) is 5.09. The van der Waals surface area contributed by atoms with Gasteiger partial charge in [-0.3, -0.25) is 0 Å². The Morgan fingerprint density at radius 1 is 1.46 bits per heavy atom. The van der Waals surface area contributed by atoms with Crippen LogP contribution in [0, 0.1) is 0 Å². The SMILES string of the molecule is CCCCC(C)OC(=O)C(F)(F)F. The quantitative estimate of drug-likeness (QED) is 0.649. The minimum Gasteiger partial charge on any atom is -0.456 e. The van der Waals surface area contributed by atoms with Crippen molar-refractivity contribution in [2.45, 2.75) is 45.4 Å². The molecule has 0 heterocycles. The summed E-state index contributed by atoms with van der Waals surface area (Å²) in [5.41, 5.74) is 0. The first-order chi connectivity index (χ1) is 5.88. The van der Waals surface area contributed by atoms with E-state index in [-0.39, 0.29) is 0 Å². The molecule has 0 radical (unpaired) electrons. The molecule has 0 fully saturated rings. The number of alkyl halides is 3. The van der Waals surface area contributed by atoms with Crippen LogP contribution in [0.15, 0.2) is 0 Å². The smallest absolute Gasteiger partial charge is 0.456 e. The molecule has 0 amide bonds. The molecule has 0 aromatic heterocycles. The van der Waals surface area contributed by atoms with E-state index < -0.39 is 18.2 Å². The second-order valence-corrected chi connectivity index (χ2v) is 2.86. The lowest BCUT2D eigenvalue weighted by Gasteiger charge is -2.13. The van der Waals surface area contributed by atoms with Crippen LogP contribution in [0.1, 0.15) is 33.1 Å². The lowest BCUT2D eigenvalue weighted by atomic mass is 10.2. The van der Waals surface area contributed by atoms with Gasteiger partial charge in [0.1, 0.15) is 0 Å². The molecule has 0 N–H and O–H groups in total. The van der Waals surface area contributed by atoms with E-state index in [1.54, 1.807) is 0 Å². The molecule has 0 bridgehead atoms. The zero-order valence-electron chi connectivity index (χ0n) is 7.65. The standard InChI is InChI=1S/C8H13F3O2/c1-3-4-5-6(2)13-7(12)8(9,10)11/h6H,3-5H2,1-2H3. The van der Waals surface area contributed by atoms with Gasteiger partial charge in [-0.25, -0.2) is 4.79 Å². The van der Waals surface area contributed by atoms with Gasteiger partial charge in [-0.2, -0.15) is 13.2 Å². The van der Waals surface area contributed by atoms with Crippen molar-refractivity contribution in [1.29, 1.82) is 0 Å². The fourth-order valence-electron chi connectivity index (χ4n) is 0.800. The van der Waals surface area contributed by atoms with E-state index in [0.29, 0.717) is 6.42 Å². The minimum atomic E-state index is -4.87. The van der Waals surface area contributed by atoms with Crippen LogP contribution in [0.3, 0.4) is 0 Å². The molecular weight excluding hydrogens is 185 g/mol. The van der Waals surface area contributed by atoms with Crippen molar-refractivity contribution in [1.82, 2.24) is 0 Å². The summed E-state index contributed by atoms with van der Waals surface area (Å²) in [5, 5.41) is 0. The van der Waals surface area contributed by atoms with Gasteiger partial charge in [0, 0.05) is 0 Å². The van der Waals surface area contributed by atoms with E-state index in [1.807, 2.05) is 6.92 Å². The van der Waals surface area contributed by atoms with Crippen LogP contribution in [0.2, 0.25) is 0 Å². The molecule has 0 saturated heterocycles. The summed E-state index contributed by atoms with van der Waals surface area (Å²) in [6.07, 6.45) is -3.44. The molecular formula is C8H13F3O2. The van der Waals surface area contributed by atoms with Gasteiger partial charge in [0.05, 0.1) is 6.10 Å². The molecule has 0 aromatic rings. The second-order valence-electron chi connectivity index (χ2n) is 2.86. The number of rotatable bonds is 4. The number of ether oxygens (including phenoxy) is 1. The number of hydrogen-bond donors (Lipinski definition) is 0. The van der Waals surface area contributed by atoms with E-state index in [1.165, 1.54) is 6.92 Å². The van der Waals surface area contributed by atoms with Crippen LogP contribution < -0.4 is 0 Å². The highest BCUT2D eigenvalue weighted by molar-refractivity contribution is 5.75. The molecule has 0 aromatic carbocycles. The molecule has 1 atom stereocenters. The summed E-state index contributed by atoms with van der Waals surface area (Å²) >= 11 is 0. The van der Waals surface area contributed by atoms with Gasteiger partial charge in [0.25, 0.3) is 0 Å². The summed E-state index contributed by atoms with van der Waals surface area (Å²) in [5.74, 6) is -2.10. The molecule has 13 heavy (non-hydrogen) atoms. The van der Waals surface area contributed by atoms with Gasteiger partial charge in [0.15, 0.2) is 0 Å². The number of carbonyl (C=O) groups excluding carboxylic acids is 1. The van der Waals surface area contributed by atoms with Gasteiger partial charge >= 0.3 is 12.1 Å². The third-order valence-electron chi connectivity index (χ3n) is 1.50. The zero-order chi connectivity index (χ0) is 10.5. The zero-order valence-corrected chi connectivity index (χ0v) is 7.65. The maximum absolute atomic E-state index is 11.7. The Morgan fingerprint density at radius 3 is 2.38 bits per heavy atom. The van der Waals surface area contributed by atoms with Gasteiger partial charge in [-0.05, 0) is 13.3 Å². The largest absolute Gasteiger partial charge is 0.490 e. The van der Waals surface area contributed by atoms with Crippen LogP contribution in [0.5, 0.6) is 0 Å². The van der Waals surface area contributed by atoms with Crippen molar-refractivity contribution in [2.75, 3.05) is 0 Å². The Kier molecular flexibility index (Phi) is 4.80. The molecule has 78 valence electrons. The molecule has 2 nitrogen and oxygen atoms in total. The highest BCUT2D eigenvalue weighted by atomic mass is 19.4. The summed E-state index contributed by atoms with van der Waals surface area (Å²) in [4.78, 5) is 10.3. The number of hydrogen-bond acceptors (Lipinski definition) is 2. The maximum atomic E-state index is 11.7. The fourth-order valence-corrected chi connectivity index (χ4v) is 0.800. The molecule has 0 spiro atoms. The normalized spacial score (nSPS) is 13.9. The molecule has 0 aliphatic carbocycles. The van der Waals surface area contributed by atoms with Crippen molar-refractivity contribution in [3.63, 3.8) is 0 Å². The number of unbranched alkanes of at least 4 members (excludes halogenated alkanes) is 1. The van der Waals surface area contributed by atoms with Crippen LogP contribution in [-0.4, -0.2) is 18.2 Å². The summed E-state index contributed by atoms with van der Waals surface area (Å²) in [7, 11) is 0. The topological polar surface area (TPSA) is 26.3 Å². The van der Waals surface area contributed by atoms with E-state index in [0.717, 1.165) is 12.8 Å². The molecule has 5 heteroatoms. The van der Waals surface area contributed by atoms with Gasteiger partial charge in [-0.1, -0.05) is 19.8 Å². The van der Waals surface area contributed by atoms with E-state index in [2.05, 4.69) is 4.74 Å². The summed E-state index contributed by atoms with van der Waals surface area (Å²) in [6.45, 7) is 3.37. The Bertz CT molecular complexity index is 165. The van der Waals surface area contributed by atoms with Crippen LogP contribution in [-0.2, 0) is 9.53 Å². The average Bonchev–Trinajstić information content (AvgIpc) is 1.99. The average molecular weight is 198 g/mol. The molecule has 0 aliphatic rings. The minimum absolute atomic E-state index is 0.471. The maximum Gasteiger partial charge on any atom is 0.490 e. The van der Waals surface area contributed by atoms with E-state index in [4.69, 9.17) is 0 Å². The molecule has 0 rings (SSSR count). The Balaban J connectivity index is 3.79. The first-order valence-corrected chi connectivity index (χ1v) is 4.15. The van der Waals surface area contributed by atoms with Gasteiger partial charge < -0.3 is 4.74 Å². The van der Waals surface area contributed by atoms with Crippen LogP contribution >= 0.6 is 0 Å². The third-order valence-corrected chi connectivity index (χ3v) is 1.50. The molecule has 0 saturated carbocycles. The first kappa shape index (κ1) is 12.3. The predicted octanol–water partition coefficient (Wildman–Crippen LogP) is 2.67. The number of halogens is 3. The monoisotopic (exact) mass is 198 g/mol. The van der Waals surface area contributed by atoms with Gasteiger partial charge in [0.2, 0.25) is 0 Å². The predicted molar refractivity (Wildman–Crippen MR) is 41.1 cm³/mol. The van der Waals surface area contributed by atoms with Crippen LogP contribution in [0.25, 0.3) is 0 Å². The lowest BCUT2D eigenvalue weighted by Crippen LogP contribution is -2.28. The number of esters is 1. The lowest BCUT2D eigenvalue weighted by molar-refractivity contribution is -0.204. The van der Waals surface area contributed by atoms with Crippen molar-refractivity contribution in [3.05, 3.63) is 0 Å². The van der Waals surface area contributed by atoms with Gasteiger partial charge in [-0.15, -0.1) is 0 Å². The molecule has 0 aliphatic heterocycles. The third kappa shape index (κ3) is 5.49. The van der Waals surface area contributed by atoms with Crippen molar-refractivity contribution >= 4 is 5.97 Å². The fraction of sp³-hybridized carbons (Fsp3) is 0.875. The van der Waals surface area contributed by atoms with Crippen molar-refractivity contribution in [2.24, 2.45) is 0 Å². The van der Waals surface area contributed by atoms with E-state index in [9.17, 15) is 18.0 Å². The highest BCUT2D eigenvalue weighted by Crippen LogP contribution is 2.18. The Labute approximate surface area is 75.1 Å². The highest BCUT2D eigenvalue weighted by Gasteiger charge is 2.41.